The first-order valence-corrected chi connectivity index (χ1v) is 13.5. The van der Waals surface area contributed by atoms with Crippen molar-refractivity contribution in [2.24, 2.45) is 18.9 Å². The van der Waals surface area contributed by atoms with Crippen molar-refractivity contribution >= 4 is 17.0 Å². The van der Waals surface area contributed by atoms with Crippen LogP contribution in [-0.4, -0.2) is 45.3 Å². The van der Waals surface area contributed by atoms with Crippen LogP contribution in [0.3, 0.4) is 0 Å². The average molecular weight is 508 g/mol. The summed E-state index contributed by atoms with van der Waals surface area (Å²) in [5.74, 6) is 1.30. The fourth-order valence-electron chi connectivity index (χ4n) is 5.15. The van der Waals surface area contributed by atoms with Gasteiger partial charge < -0.3 is 24.5 Å². The summed E-state index contributed by atoms with van der Waals surface area (Å²) in [7, 11) is 1.79. The predicted octanol–water partition coefficient (Wildman–Crippen LogP) is 3.78. The number of ether oxygens (including phenoxy) is 1. The van der Waals surface area contributed by atoms with Gasteiger partial charge in [-0.25, -0.2) is 4.98 Å². The van der Waals surface area contributed by atoms with E-state index in [9.17, 15) is 9.59 Å². The van der Waals surface area contributed by atoms with Crippen molar-refractivity contribution in [3.05, 3.63) is 51.9 Å². The molecular weight excluding hydrogens is 466 g/mol. The lowest BCUT2D eigenvalue weighted by molar-refractivity contribution is -0.151. The molecule has 2 N–H and O–H groups in total. The van der Waals surface area contributed by atoms with Crippen molar-refractivity contribution in [3.8, 4) is 11.4 Å². The molecule has 0 amide bonds. The lowest BCUT2D eigenvalue weighted by atomic mass is 9.99. The lowest BCUT2D eigenvalue weighted by Crippen LogP contribution is -2.42. The van der Waals surface area contributed by atoms with Gasteiger partial charge in [0.25, 0.3) is 5.56 Å². The molecule has 4 rings (SSSR count). The van der Waals surface area contributed by atoms with Crippen molar-refractivity contribution in [1.82, 2.24) is 24.8 Å². The number of esters is 1. The molecule has 1 unspecified atom stereocenters. The molecule has 2 atom stereocenters. The van der Waals surface area contributed by atoms with Gasteiger partial charge in [-0.3, -0.25) is 9.59 Å². The number of hydrogen-bond donors (Lipinski definition) is 2. The number of pyridine rings is 1. The van der Waals surface area contributed by atoms with E-state index >= 15 is 0 Å². The highest BCUT2D eigenvalue weighted by Gasteiger charge is 2.24. The molecule has 1 aromatic carbocycles. The number of nitrogens with one attached hydrogen (secondary N) is 2. The number of fused-ring (bicyclic) bond motifs is 1. The third-order valence-corrected chi connectivity index (χ3v) is 7.07. The summed E-state index contributed by atoms with van der Waals surface area (Å²) in [6, 6.07) is 7.90. The summed E-state index contributed by atoms with van der Waals surface area (Å²) in [4.78, 5) is 30.0. The number of hydrogen-bond acceptors (Lipinski definition) is 6. The first kappa shape index (κ1) is 27.1. The van der Waals surface area contributed by atoms with E-state index in [2.05, 4.69) is 33.4 Å². The van der Waals surface area contributed by atoms with Gasteiger partial charge in [0.15, 0.2) is 0 Å². The fraction of sp³-hybridized carbons (Fsp3) is 0.552. The van der Waals surface area contributed by atoms with Gasteiger partial charge in [0.05, 0.1) is 17.1 Å². The van der Waals surface area contributed by atoms with Gasteiger partial charge in [-0.05, 0) is 82.3 Å². The number of imidazole rings is 1. The second kappa shape index (κ2) is 11.6. The Labute approximate surface area is 219 Å². The van der Waals surface area contributed by atoms with Crippen LogP contribution in [0.2, 0.25) is 0 Å². The average Bonchev–Trinajstić information content (AvgIpc) is 3.19. The fourth-order valence-corrected chi connectivity index (χ4v) is 5.15. The van der Waals surface area contributed by atoms with Crippen molar-refractivity contribution in [2.75, 3.05) is 13.1 Å². The van der Waals surface area contributed by atoms with Crippen LogP contribution in [0.4, 0.5) is 0 Å². The summed E-state index contributed by atoms with van der Waals surface area (Å²) >= 11 is 0. The van der Waals surface area contributed by atoms with E-state index in [1.54, 1.807) is 11.6 Å². The van der Waals surface area contributed by atoms with Gasteiger partial charge in [-0.2, -0.15) is 0 Å². The molecule has 0 saturated carbocycles. The molecule has 1 aliphatic heterocycles. The Kier molecular flexibility index (Phi) is 8.49. The van der Waals surface area contributed by atoms with Crippen molar-refractivity contribution in [2.45, 2.75) is 72.7 Å². The maximum absolute atomic E-state index is 12.6. The molecule has 200 valence electrons. The highest BCUT2D eigenvalue weighted by atomic mass is 16.5. The Balaban J connectivity index is 1.67. The molecule has 3 heterocycles. The van der Waals surface area contributed by atoms with E-state index in [0.717, 1.165) is 47.6 Å². The molecule has 1 aliphatic rings. The third kappa shape index (κ3) is 6.30. The SMILES string of the molecule is Cc1cc(-c2nc3cc(CN[C@H](C(=O)OC(C)C)C(C)C)ccc3n2CC2CCCNC2)cn(C)c1=O. The van der Waals surface area contributed by atoms with E-state index in [-0.39, 0.29) is 29.6 Å². The Bertz CT molecular complexity index is 1270. The minimum absolute atomic E-state index is 0.00644. The van der Waals surface area contributed by atoms with Crippen LogP contribution in [-0.2, 0) is 29.7 Å². The minimum atomic E-state index is -0.376. The van der Waals surface area contributed by atoms with E-state index in [1.807, 2.05) is 46.9 Å². The summed E-state index contributed by atoms with van der Waals surface area (Å²) in [5.41, 5.74) is 4.70. The van der Waals surface area contributed by atoms with Crippen LogP contribution in [0.25, 0.3) is 22.4 Å². The predicted molar refractivity (Wildman–Crippen MR) is 147 cm³/mol. The number of nitrogens with zero attached hydrogens (tertiary/aromatic N) is 3. The summed E-state index contributed by atoms with van der Waals surface area (Å²) in [6.07, 6.45) is 4.10. The molecule has 37 heavy (non-hydrogen) atoms. The van der Waals surface area contributed by atoms with Gasteiger partial charge in [-0.15, -0.1) is 0 Å². The monoisotopic (exact) mass is 507 g/mol. The lowest BCUT2D eigenvalue weighted by Gasteiger charge is -2.24. The van der Waals surface area contributed by atoms with Crippen LogP contribution in [0.15, 0.2) is 35.3 Å². The molecule has 0 aliphatic carbocycles. The van der Waals surface area contributed by atoms with Crippen LogP contribution in [0.1, 0.15) is 51.7 Å². The number of rotatable bonds is 9. The zero-order chi connectivity index (χ0) is 26.7. The Morgan fingerprint density at radius 3 is 2.68 bits per heavy atom. The Morgan fingerprint density at radius 2 is 2.03 bits per heavy atom. The van der Waals surface area contributed by atoms with Crippen LogP contribution in [0.5, 0.6) is 0 Å². The van der Waals surface area contributed by atoms with E-state index in [4.69, 9.17) is 9.72 Å². The maximum Gasteiger partial charge on any atom is 0.323 e. The topological polar surface area (TPSA) is 90.2 Å². The summed E-state index contributed by atoms with van der Waals surface area (Å²) in [5, 5.41) is 6.91. The number of piperidine rings is 1. The number of carbonyl (C=O) groups excluding carboxylic acids is 1. The quantitative estimate of drug-likeness (QED) is 0.429. The minimum Gasteiger partial charge on any atom is -0.462 e. The van der Waals surface area contributed by atoms with Crippen LogP contribution in [0, 0.1) is 18.8 Å². The van der Waals surface area contributed by atoms with E-state index in [1.165, 1.54) is 12.8 Å². The highest BCUT2D eigenvalue weighted by molar-refractivity contribution is 5.81. The second-order valence-corrected chi connectivity index (χ2v) is 11.0. The van der Waals surface area contributed by atoms with Gasteiger partial charge in [0.2, 0.25) is 0 Å². The molecular formula is C29H41N5O3. The van der Waals surface area contributed by atoms with Crippen molar-refractivity contribution in [3.63, 3.8) is 0 Å². The van der Waals surface area contributed by atoms with Gasteiger partial charge in [-0.1, -0.05) is 19.9 Å². The van der Waals surface area contributed by atoms with E-state index in [0.29, 0.717) is 18.0 Å². The van der Waals surface area contributed by atoms with Gasteiger partial charge >= 0.3 is 5.97 Å². The van der Waals surface area contributed by atoms with Crippen molar-refractivity contribution in [1.29, 1.82) is 0 Å². The number of aromatic nitrogens is 3. The standard InChI is InChI=1S/C29H41N5O3/c1-18(2)26(29(36)37-19(3)4)31-15-21-9-10-25-24(13-21)32-27(23-12-20(5)28(35)33(6)17-23)34(25)16-22-8-7-11-30-14-22/h9-10,12-13,17-19,22,26,30-31H,7-8,11,14-16H2,1-6H3/t22?,26-/m0/s1. The van der Waals surface area contributed by atoms with Crippen molar-refractivity contribution < 1.29 is 9.53 Å². The zero-order valence-corrected chi connectivity index (χ0v) is 23.0. The molecule has 3 aromatic rings. The molecule has 0 radical (unpaired) electrons. The molecule has 8 heteroatoms. The molecule has 1 fully saturated rings. The Hall–Kier alpha value is -2.97. The first-order valence-electron chi connectivity index (χ1n) is 13.5. The van der Waals surface area contributed by atoms with E-state index < -0.39 is 0 Å². The third-order valence-electron chi connectivity index (χ3n) is 7.07. The van der Waals surface area contributed by atoms with Crippen LogP contribution < -0.4 is 16.2 Å². The van der Waals surface area contributed by atoms with Gasteiger partial charge in [0.1, 0.15) is 11.9 Å². The largest absolute Gasteiger partial charge is 0.462 e. The molecule has 1 saturated heterocycles. The summed E-state index contributed by atoms with van der Waals surface area (Å²) < 4.78 is 9.39. The first-order chi connectivity index (χ1) is 17.6. The number of benzene rings is 1. The molecule has 2 aromatic heterocycles. The zero-order valence-electron chi connectivity index (χ0n) is 23.0. The normalized spacial score (nSPS) is 17.0. The smallest absolute Gasteiger partial charge is 0.323 e. The number of aryl methyl sites for hydroxylation is 2. The summed E-state index contributed by atoms with van der Waals surface area (Å²) in [6.45, 7) is 13.1. The van der Waals surface area contributed by atoms with Gasteiger partial charge in [0, 0.05) is 37.5 Å². The number of carbonyl (C=O) groups is 1. The molecule has 0 bridgehead atoms. The second-order valence-electron chi connectivity index (χ2n) is 11.0. The molecule has 8 nitrogen and oxygen atoms in total. The highest BCUT2D eigenvalue weighted by Crippen LogP contribution is 2.28. The van der Waals surface area contributed by atoms with Crippen LogP contribution >= 0.6 is 0 Å². The Morgan fingerprint density at radius 1 is 1.24 bits per heavy atom. The maximum atomic E-state index is 12.6. The molecule has 0 spiro atoms.